The van der Waals surface area contributed by atoms with Crippen LogP contribution in [0.3, 0.4) is 0 Å². The molecule has 1 fully saturated rings. The van der Waals surface area contributed by atoms with Crippen molar-refractivity contribution in [1.82, 2.24) is 0 Å². The van der Waals surface area contributed by atoms with Crippen LogP contribution in [-0.2, 0) is 0 Å². The van der Waals surface area contributed by atoms with Crippen LogP contribution in [0.1, 0.15) is 12.8 Å². The molecule has 0 radical (unpaired) electrons. The molecule has 2 unspecified atom stereocenters. The molecule has 0 aliphatic carbocycles. The van der Waals surface area contributed by atoms with Gasteiger partial charge in [-0.05, 0) is 30.3 Å². The maximum Gasteiger partial charge on any atom is 0.0434 e. The van der Waals surface area contributed by atoms with E-state index in [1.165, 1.54) is 5.75 Å². The molecule has 1 heterocycles. The Hall–Kier alpha value is 0.270. The van der Waals surface area contributed by atoms with Crippen molar-refractivity contribution in [2.24, 2.45) is 11.7 Å². The van der Waals surface area contributed by atoms with Gasteiger partial charge in [0.05, 0.1) is 0 Å². The molecule has 2 atom stereocenters. The van der Waals surface area contributed by atoms with E-state index in [2.05, 4.69) is 0 Å². The summed E-state index contributed by atoms with van der Waals surface area (Å²) in [7, 11) is 0. The highest BCUT2D eigenvalue weighted by atomic mass is 32.2. The van der Waals surface area contributed by atoms with E-state index in [0.29, 0.717) is 18.6 Å². The van der Waals surface area contributed by atoms with Gasteiger partial charge in [0.1, 0.15) is 0 Å². The summed E-state index contributed by atoms with van der Waals surface area (Å²) in [4.78, 5) is 0. The summed E-state index contributed by atoms with van der Waals surface area (Å²) in [5.41, 5.74) is 5.84. The predicted octanol–water partition coefficient (Wildman–Crippen LogP) is 0.449. The lowest BCUT2D eigenvalue weighted by atomic mass is 9.97. The fraction of sp³-hybridized carbons (Fsp3) is 1.00. The average Bonchev–Trinajstić information content (AvgIpc) is 1.94. The molecule has 0 amide bonds. The van der Waals surface area contributed by atoms with Gasteiger partial charge in [-0.15, -0.1) is 0 Å². The zero-order valence-electron chi connectivity index (χ0n) is 6.12. The summed E-state index contributed by atoms with van der Waals surface area (Å²) in [6.07, 6.45) is 2.00. The van der Waals surface area contributed by atoms with Crippen LogP contribution >= 0.6 is 11.8 Å². The molecule has 0 bridgehead atoms. The standard InChI is InChI=1S/C7H15NOS/c8-7-2-4-10-5-6(7)1-3-9/h6-7,9H,1-5,8H2. The van der Waals surface area contributed by atoms with Crippen molar-refractivity contribution in [2.45, 2.75) is 18.9 Å². The molecule has 0 aromatic carbocycles. The molecule has 60 valence electrons. The number of hydrogen-bond acceptors (Lipinski definition) is 3. The van der Waals surface area contributed by atoms with Gasteiger partial charge in [0.15, 0.2) is 0 Å². The smallest absolute Gasteiger partial charge is 0.0434 e. The Kier molecular flexibility index (Phi) is 3.52. The Morgan fingerprint density at radius 3 is 3.00 bits per heavy atom. The van der Waals surface area contributed by atoms with E-state index in [1.807, 2.05) is 11.8 Å². The Labute approximate surface area is 66.2 Å². The molecule has 10 heavy (non-hydrogen) atoms. The number of aliphatic hydroxyl groups is 1. The second kappa shape index (κ2) is 4.21. The van der Waals surface area contributed by atoms with E-state index in [0.717, 1.165) is 18.6 Å². The van der Waals surface area contributed by atoms with Crippen molar-refractivity contribution in [2.75, 3.05) is 18.1 Å². The quantitative estimate of drug-likeness (QED) is 0.618. The molecular weight excluding hydrogens is 146 g/mol. The van der Waals surface area contributed by atoms with E-state index < -0.39 is 0 Å². The Bertz CT molecular complexity index is 97.6. The van der Waals surface area contributed by atoms with Crippen molar-refractivity contribution >= 4 is 11.8 Å². The Balaban J connectivity index is 2.25. The van der Waals surface area contributed by atoms with Crippen LogP contribution in [0.15, 0.2) is 0 Å². The first kappa shape index (κ1) is 8.37. The molecule has 1 rings (SSSR count). The summed E-state index contributed by atoms with van der Waals surface area (Å²) in [5, 5.41) is 8.67. The SMILES string of the molecule is NC1CCSCC1CCO. The zero-order valence-corrected chi connectivity index (χ0v) is 6.94. The van der Waals surface area contributed by atoms with Crippen LogP contribution in [0.5, 0.6) is 0 Å². The molecular formula is C7H15NOS. The average molecular weight is 161 g/mol. The van der Waals surface area contributed by atoms with Crippen LogP contribution in [-0.4, -0.2) is 29.3 Å². The summed E-state index contributed by atoms with van der Waals surface area (Å²) >= 11 is 1.96. The lowest BCUT2D eigenvalue weighted by molar-refractivity contribution is 0.249. The largest absolute Gasteiger partial charge is 0.396 e. The molecule has 0 aromatic heterocycles. The van der Waals surface area contributed by atoms with E-state index in [4.69, 9.17) is 10.8 Å². The number of hydrogen-bond donors (Lipinski definition) is 2. The molecule has 1 aliphatic rings. The van der Waals surface area contributed by atoms with Gasteiger partial charge in [0.25, 0.3) is 0 Å². The van der Waals surface area contributed by atoms with E-state index in [9.17, 15) is 0 Å². The van der Waals surface area contributed by atoms with Crippen LogP contribution in [0.2, 0.25) is 0 Å². The third-order valence-corrected chi connectivity index (χ3v) is 3.22. The van der Waals surface area contributed by atoms with Crippen molar-refractivity contribution in [3.63, 3.8) is 0 Å². The van der Waals surface area contributed by atoms with Crippen LogP contribution in [0.25, 0.3) is 0 Å². The third kappa shape index (κ3) is 2.15. The van der Waals surface area contributed by atoms with Gasteiger partial charge in [-0.1, -0.05) is 0 Å². The van der Waals surface area contributed by atoms with E-state index in [-0.39, 0.29) is 0 Å². The molecule has 2 nitrogen and oxygen atoms in total. The third-order valence-electron chi connectivity index (χ3n) is 2.03. The first-order chi connectivity index (χ1) is 4.84. The number of rotatable bonds is 2. The summed E-state index contributed by atoms with van der Waals surface area (Å²) < 4.78 is 0. The van der Waals surface area contributed by atoms with Crippen LogP contribution < -0.4 is 5.73 Å². The molecule has 3 heteroatoms. The first-order valence-corrected chi connectivity index (χ1v) is 4.94. The molecule has 1 saturated heterocycles. The Morgan fingerprint density at radius 1 is 1.60 bits per heavy atom. The maximum atomic E-state index is 8.67. The molecule has 0 saturated carbocycles. The minimum Gasteiger partial charge on any atom is -0.396 e. The number of nitrogens with two attached hydrogens (primary N) is 1. The van der Waals surface area contributed by atoms with Gasteiger partial charge < -0.3 is 10.8 Å². The summed E-state index contributed by atoms with van der Waals surface area (Å²) in [6, 6.07) is 0.341. The van der Waals surface area contributed by atoms with E-state index in [1.54, 1.807) is 0 Å². The Morgan fingerprint density at radius 2 is 2.40 bits per heavy atom. The van der Waals surface area contributed by atoms with Crippen LogP contribution in [0.4, 0.5) is 0 Å². The van der Waals surface area contributed by atoms with Gasteiger partial charge in [0.2, 0.25) is 0 Å². The first-order valence-electron chi connectivity index (χ1n) is 3.78. The van der Waals surface area contributed by atoms with Gasteiger partial charge in [0, 0.05) is 12.6 Å². The van der Waals surface area contributed by atoms with Crippen molar-refractivity contribution in [1.29, 1.82) is 0 Å². The minimum atomic E-state index is 0.291. The zero-order chi connectivity index (χ0) is 7.40. The molecule has 0 spiro atoms. The monoisotopic (exact) mass is 161 g/mol. The van der Waals surface area contributed by atoms with E-state index >= 15 is 0 Å². The van der Waals surface area contributed by atoms with Gasteiger partial charge in [-0.3, -0.25) is 0 Å². The van der Waals surface area contributed by atoms with Crippen molar-refractivity contribution in [3.05, 3.63) is 0 Å². The predicted molar refractivity (Wildman–Crippen MR) is 45.1 cm³/mol. The van der Waals surface area contributed by atoms with Gasteiger partial charge in [-0.2, -0.15) is 11.8 Å². The van der Waals surface area contributed by atoms with Gasteiger partial charge >= 0.3 is 0 Å². The number of thioether (sulfide) groups is 1. The normalized spacial score (nSPS) is 34.2. The topological polar surface area (TPSA) is 46.2 Å². The highest BCUT2D eigenvalue weighted by Crippen LogP contribution is 2.23. The fourth-order valence-corrected chi connectivity index (χ4v) is 2.60. The number of aliphatic hydroxyl groups excluding tert-OH is 1. The molecule has 0 aromatic rings. The lowest BCUT2D eigenvalue weighted by Gasteiger charge is -2.27. The van der Waals surface area contributed by atoms with Gasteiger partial charge in [-0.25, -0.2) is 0 Å². The fourth-order valence-electron chi connectivity index (χ4n) is 1.28. The molecule has 1 aliphatic heterocycles. The van der Waals surface area contributed by atoms with Crippen LogP contribution in [0, 0.1) is 5.92 Å². The maximum absolute atomic E-state index is 8.67. The minimum absolute atomic E-state index is 0.291. The highest BCUT2D eigenvalue weighted by Gasteiger charge is 2.20. The molecule has 3 N–H and O–H groups in total. The summed E-state index contributed by atoms with van der Waals surface area (Å²) in [6.45, 7) is 0.291. The highest BCUT2D eigenvalue weighted by molar-refractivity contribution is 7.99. The summed E-state index contributed by atoms with van der Waals surface area (Å²) in [5.74, 6) is 2.90. The van der Waals surface area contributed by atoms with Crippen molar-refractivity contribution in [3.8, 4) is 0 Å². The van der Waals surface area contributed by atoms with Crippen molar-refractivity contribution < 1.29 is 5.11 Å². The lowest BCUT2D eigenvalue weighted by Crippen LogP contribution is -2.35. The second-order valence-corrected chi connectivity index (χ2v) is 3.95. The second-order valence-electron chi connectivity index (χ2n) is 2.80.